The van der Waals surface area contributed by atoms with Crippen molar-refractivity contribution in [3.8, 4) is 11.8 Å². The maximum Gasteiger partial charge on any atom is 0.407 e. The van der Waals surface area contributed by atoms with Crippen molar-refractivity contribution in [3.05, 3.63) is 71.3 Å². The Morgan fingerprint density at radius 1 is 0.738 bits per heavy atom. The number of aromatic nitrogens is 4. The number of rotatable bonds is 8. The number of amides is 4. The van der Waals surface area contributed by atoms with Crippen molar-refractivity contribution >= 4 is 56.8 Å². The lowest BCUT2D eigenvalue weighted by Crippen LogP contribution is -2.54. The number of ether oxygens (including phenoxy) is 3. The van der Waals surface area contributed by atoms with Crippen molar-refractivity contribution in [1.82, 2.24) is 40.4 Å². The lowest BCUT2D eigenvalue weighted by molar-refractivity contribution is -0.139. The van der Waals surface area contributed by atoms with Gasteiger partial charge in [-0.05, 0) is 106 Å². The minimum absolute atomic E-state index is 0.0170. The summed E-state index contributed by atoms with van der Waals surface area (Å²) in [5, 5.41) is 7.53. The van der Waals surface area contributed by atoms with Crippen LogP contribution in [0.5, 0.6) is 0 Å². The van der Waals surface area contributed by atoms with Crippen LogP contribution in [-0.2, 0) is 23.8 Å². The normalized spacial score (nSPS) is 21.7. The highest BCUT2D eigenvalue weighted by atomic mass is 16.5. The number of benzene rings is 3. The van der Waals surface area contributed by atoms with Gasteiger partial charge in [-0.15, -0.1) is 0 Å². The van der Waals surface area contributed by atoms with Crippen LogP contribution in [0.4, 0.5) is 9.59 Å². The molecule has 1 unspecified atom stereocenters. The second-order valence-electron chi connectivity index (χ2n) is 16.9. The lowest BCUT2D eigenvalue weighted by atomic mass is 9.90. The van der Waals surface area contributed by atoms with Crippen molar-refractivity contribution in [2.45, 2.75) is 102 Å². The third-order valence-corrected chi connectivity index (χ3v) is 12.7. The van der Waals surface area contributed by atoms with E-state index in [2.05, 4.69) is 44.6 Å². The first-order valence-electron chi connectivity index (χ1n) is 21.3. The molecule has 8 rings (SSSR count). The highest BCUT2D eigenvalue weighted by molar-refractivity contribution is 6.04. The van der Waals surface area contributed by atoms with E-state index >= 15 is 0 Å². The molecule has 15 heteroatoms. The Balaban J connectivity index is 1.01. The summed E-state index contributed by atoms with van der Waals surface area (Å²) in [6.07, 6.45) is 3.25. The molecule has 3 aliphatic heterocycles. The van der Waals surface area contributed by atoms with Crippen LogP contribution in [0.1, 0.15) is 101 Å². The van der Waals surface area contributed by atoms with E-state index in [1.54, 1.807) is 0 Å². The van der Waals surface area contributed by atoms with Gasteiger partial charge in [-0.3, -0.25) is 9.59 Å². The zero-order valence-electron chi connectivity index (χ0n) is 35.5. The van der Waals surface area contributed by atoms with Gasteiger partial charge in [0, 0.05) is 41.8 Å². The van der Waals surface area contributed by atoms with Crippen molar-refractivity contribution in [2.24, 2.45) is 11.8 Å². The second-order valence-corrected chi connectivity index (χ2v) is 16.9. The number of fused-ring (bicyclic) bond motifs is 4. The maximum absolute atomic E-state index is 14.3. The number of carbonyl (C=O) groups is 4. The second kappa shape index (κ2) is 17.5. The predicted molar refractivity (Wildman–Crippen MR) is 229 cm³/mol. The Labute approximate surface area is 354 Å². The number of imidazole rings is 2. The fourth-order valence-electron chi connectivity index (χ4n) is 9.35. The molecule has 4 N–H and O–H groups in total. The first-order valence-corrected chi connectivity index (χ1v) is 21.3. The standard InChI is InChI=1S/C46H54N8O7/c1-25(2)38(51-45(57)59-5)43(55)53-26(3)7-17-36(53)41-47-33-15-12-29(24-35(33)49-41)10-9-28-11-14-32-31(23-28)13-16-34-40(32)50-42(48-34)37-18-8-27(4)54(37)44(56)39(52-46(58)60-6)30-19-21-61-22-20-30/h11-16,23-27,30,36-39H,7-8,17-22H2,1-6H3,(H,47,49)(H,48,50)(H,51,57)(H,52,58)/t26-,27-,36-,37-,38-,39?/m0/s1. The van der Waals surface area contributed by atoms with Gasteiger partial charge in [0.15, 0.2) is 0 Å². The zero-order valence-corrected chi connectivity index (χ0v) is 35.5. The first-order chi connectivity index (χ1) is 29.4. The molecule has 5 aromatic rings. The number of H-pyrrole nitrogens is 2. The van der Waals surface area contributed by atoms with Crippen LogP contribution in [-0.4, -0.2) is 105 Å². The Kier molecular flexibility index (Phi) is 11.9. The molecule has 3 saturated heterocycles. The molecular formula is C46H54N8O7. The number of nitrogens with one attached hydrogen (secondary N) is 4. The molecular weight excluding hydrogens is 777 g/mol. The summed E-state index contributed by atoms with van der Waals surface area (Å²) in [6, 6.07) is 14.0. The number of alkyl carbamates (subject to hydrolysis) is 2. The first kappa shape index (κ1) is 41.6. The Bertz CT molecular complexity index is 2530. The SMILES string of the molecule is COC(=O)NC(C(=O)N1[C@@H](C)CC[C@H]1c1nc2c(ccc3cc(C#Cc4ccc5nc([C@@H]6CC[C@H](C)N6C(=O)[C@@H](NC(=O)OC)C(C)C)[nH]c5c4)ccc32)[nH]1)C1CCOCC1. The number of hydrogen-bond donors (Lipinski definition) is 4. The van der Waals surface area contributed by atoms with E-state index in [1.807, 2.05) is 73.9 Å². The van der Waals surface area contributed by atoms with Crippen LogP contribution < -0.4 is 10.6 Å². The molecule has 5 heterocycles. The molecule has 2 aromatic heterocycles. The van der Waals surface area contributed by atoms with E-state index in [0.717, 1.165) is 75.5 Å². The fraction of sp³-hybridized carbons (Fsp3) is 0.478. The molecule has 3 fully saturated rings. The van der Waals surface area contributed by atoms with Crippen LogP contribution >= 0.6 is 0 Å². The maximum atomic E-state index is 14.3. The number of aromatic amines is 2. The molecule has 61 heavy (non-hydrogen) atoms. The van der Waals surface area contributed by atoms with Crippen molar-refractivity contribution < 1.29 is 33.4 Å². The zero-order chi connectivity index (χ0) is 42.9. The molecule has 4 amide bonds. The fourth-order valence-corrected chi connectivity index (χ4v) is 9.35. The minimum Gasteiger partial charge on any atom is -0.453 e. The van der Waals surface area contributed by atoms with Crippen molar-refractivity contribution in [3.63, 3.8) is 0 Å². The van der Waals surface area contributed by atoms with Gasteiger partial charge in [0.05, 0.1) is 48.4 Å². The molecule has 0 bridgehead atoms. The summed E-state index contributed by atoms with van der Waals surface area (Å²) in [7, 11) is 2.60. The third-order valence-electron chi connectivity index (χ3n) is 12.7. The predicted octanol–water partition coefficient (Wildman–Crippen LogP) is 6.63. The number of methoxy groups -OCH3 is 2. The minimum atomic E-state index is -0.719. The van der Waals surface area contributed by atoms with Gasteiger partial charge in [0.25, 0.3) is 0 Å². The summed E-state index contributed by atoms with van der Waals surface area (Å²) in [4.78, 5) is 73.3. The highest BCUT2D eigenvalue weighted by Gasteiger charge is 2.44. The van der Waals surface area contributed by atoms with Gasteiger partial charge in [-0.1, -0.05) is 37.8 Å². The summed E-state index contributed by atoms with van der Waals surface area (Å²) in [5.41, 5.74) is 4.98. The molecule has 0 aliphatic carbocycles. The van der Waals surface area contributed by atoms with Crippen LogP contribution in [0.15, 0.2) is 48.5 Å². The molecule has 0 radical (unpaired) electrons. The molecule has 0 saturated carbocycles. The Morgan fingerprint density at radius 3 is 2.02 bits per heavy atom. The highest BCUT2D eigenvalue weighted by Crippen LogP contribution is 2.39. The van der Waals surface area contributed by atoms with Gasteiger partial charge in [-0.25, -0.2) is 19.6 Å². The van der Waals surface area contributed by atoms with Crippen LogP contribution in [0.2, 0.25) is 0 Å². The van der Waals surface area contributed by atoms with Crippen molar-refractivity contribution in [2.75, 3.05) is 27.4 Å². The quantitative estimate of drug-likeness (QED) is 0.125. The number of hydrogen-bond acceptors (Lipinski definition) is 9. The summed E-state index contributed by atoms with van der Waals surface area (Å²) in [5.74, 6) is 7.61. The van der Waals surface area contributed by atoms with Crippen LogP contribution in [0.25, 0.3) is 32.8 Å². The number of nitrogens with zero attached hydrogens (tertiary/aromatic N) is 4. The molecule has 15 nitrogen and oxygen atoms in total. The summed E-state index contributed by atoms with van der Waals surface area (Å²) < 4.78 is 15.3. The monoisotopic (exact) mass is 830 g/mol. The topological polar surface area (TPSA) is 184 Å². The van der Waals surface area contributed by atoms with E-state index in [0.29, 0.717) is 31.9 Å². The summed E-state index contributed by atoms with van der Waals surface area (Å²) in [6.45, 7) is 8.98. The van der Waals surface area contributed by atoms with Crippen LogP contribution in [0.3, 0.4) is 0 Å². The van der Waals surface area contributed by atoms with E-state index in [-0.39, 0.29) is 47.8 Å². The molecule has 6 atom stereocenters. The number of carbonyl (C=O) groups excluding carboxylic acids is 4. The molecule has 0 spiro atoms. The average Bonchev–Trinajstić information content (AvgIpc) is 4.07. The molecule has 320 valence electrons. The van der Waals surface area contributed by atoms with Gasteiger partial charge in [0.2, 0.25) is 11.8 Å². The Morgan fingerprint density at radius 2 is 1.34 bits per heavy atom. The van der Waals surface area contributed by atoms with E-state index < -0.39 is 24.3 Å². The number of likely N-dealkylation sites (tertiary alicyclic amines) is 2. The molecule has 3 aliphatic rings. The average molecular weight is 831 g/mol. The van der Waals surface area contributed by atoms with Crippen molar-refractivity contribution in [1.29, 1.82) is 0 Å². The van der Waals surface area contributed by atoms with E-state index in [4.69, 9.17) is 24.2 Å². The lowest BCUT2D eigenvalue weighted by Gasteiger charge is -2.36. The van der Waals surface area contributed by atoms with Gasteiger partial charge < -0.3 is 44.6 Å². The largest absolute Gasteiger partial charge is 0.453 e. The van der Waals surface area contributed by atoms with E-state index in [1.165, 1.54) is 14.2 Å². The van der Waals surface area contributed by atoms with Gasteiger partial charge >= 0.3 is 12.2 Å². The smallest absolute Gasteiger partial charge is 0.407 e. The third kappa shape index (κ3) is 8.33. The Hall–Kier alpha value is -6.14. The van der Waals surface area contributed by atoms with E-state index in [9.17, 15) is 19.2 Å². The molecule has 3 aromatic carbocycles. The van der Waals surface area contributed by atoms with Gasteiger partial charge in [-0.2, -0.15) is 0 Å². The van der Waals surface area contributed by atoms with Crippen LogP contribution in [0, 0.1) is 23.7 Å². The van der Waals surface area contributed by atoms with Gasteiger partial charge in [0.1, 0.15) is 23.7 Å². The summed E-state index contributed by atoms with van der Waals surface area (Å²) >= 11 is 0.